The predicted molar refractivity (Wildman–Crippen MR) is 93.8 cm³/mol. The zero-order valence-corrected chi connectivity index (χ0v) is 14.9. The number of carbonyl (C=O) groups excluding carboxylic acids is 1. The first-order valence-corrected chi connectivity index (χ1v) is 9.07. The van der Waals surface area contributed by atoms with Crippen molar-refractivity contribution >= 4 is 40.1 Å². The molecule has 1 N–H and O–H groups in total. The average Bonchev–Trinajstić information content (AvgIpc) is 3.33. The second-order valence-electron chi connectivity index (χ2n) is 6.03. The van der Waals surface area contributed by atoms with Crippen LogP contribution in [0.2, 0.25) is 5.02 Å². The van der Waals surface area contributed by atoms with E-state index in [1.54, 1.807) is 6.07 Å². The van der Waals surface area contributed by atoms with E-state index in [4.69, 9.17) is 11.6 Å². The maximum atomic E-state index is 12.8. The third-order valence-electron chi connectivity index (χ3n) is 4.27. The molecule has 1 amide bonds. The predicted octanol–water partition coefficient (Wildman–Crippen LogP) is 3.55. The molecule has 1 aliphatic heterocycles. The molecule has 5 heteroatoms. The molecule has 114 valence electrons. The maximum Gasteiger partial charge on any atom is 0.254 e. The van der Waals surface area contributed by atoms with Crippen molar-refractivity contribution in [3.63, 3.8) is 0 Å². The minimum Gasteiger partial charge on any atom is -0.335 e. The summed E-state index contributed by atoms with van der Waals surface area (Å²) < 4.78 is 0.986. The number of hydrogen-bond donors (Lipinski definition) is 1. The molecule has 0 radical (unpaired) electrons. The van der Waals surface area contributed by atoms with Crippen molar-refractivity contribution in [2.75, 3.05) is 19.6 Å². The number of hydrogen-bond acceptors (Lipinski definition) is 2. The molecule has 1 saturated heterocycles. The van der Waals surface area contributed by atoms with Crippen molar-refractivity contribution in [3.8, 4) is 0 Å². The first-order valence-electron chi connectivity index (χ1n) is 7.62. The number of nitrogens with one attached hydrogen (secondary N) is 1. The van der Waals surface area contributed by atoms with Crippen LogP contribution in [0.1, 0.15) is 36.0 Å². The Morgan fingerprint density at radius 2 is 2.19 bits per heavy atom. The highest BCUT2D eigenvalue weighted by Crippen LogP contribution is 2.31. The van der Waals surface area contributed by atoms with Crippen LogP contribution in [0.3, 0.4) is 0 Å². The number of benzene rings is 1. The standard InChI is InChI=1S/C16H20ClIN2O/c17-14-8-12(3-6-15(14)18)16(21)20(13-4-5-13)10-11-2-1-7-19-9-11/h3,6,8,11,13,19H,1-2,4-5,7,9-10H2. The number of halogens is 2. The minimum atomic E-state index is 0.140. The van der Waals surface area contributed by atoms with Gasteiger partial charge in [0.25, 0.3) is 5.91 Å². The fourth-order valence-corrected chi connectivity index (χ4v) is 3.45. The van der Waals surface area contributed by atoms with Crippen molar-refractivity contribution in [1.82, 2.24) is 10.2 Å². The van der Waals surface area contributed by atoms with Gasteiger partial charge in [0.15, 0.2) is 0 Å². The molecular formula is C16H20ClIN2O. The van der Waals surface area contributed by atoms with Gasteiger partial charge in [-0.2, -0.15) is 0 Å². The summed E-state index contributed by atoms with van der Waals surface area (Å²) in [7, 11) is 0. The number of nitrogens with zero attached hydrogens (tertiary/aromatic N) is 1. The van der Waals surface area contributed by atoms with Crippen molar-refractivity contribution in [2.45, 2.75) is 31.7 Å². The van der Waals surface area contributed by atoms with Crippen LogP contribution in [0.5, 0.6) is 0 Å². The Kier molecular flexibility index (Phi) is 5.07. The number of carbonyl (C=O) groups is 1. The Morgan fingerprint density at radius 1 is 1.38 bits per heavy atom. The molecule has 2 aliphatic rings. The Hall–Kier alpha value is -0.330. The van der Waals surface area contributed by atoms with E-state index in [0.29, 0.717) is 17.0 Å². The van der Waals surface area contributed by atoms with Crippen molar-refractivity contribution in [2.24, 2.45) is 5.92 Å². The molecule has 2 fully saturated rings. The zero-order valence-electron chi connectivity index (χ0n) is 11.9. The van der Waals surface area contributed by atoms with Gasteiger partial charge in [0.1, 0.15) is 0 Å². The van der Waals surface area contributed by atoms with Crippen LogP contribution < -0.4 is 5.32 Å². The van der Waals surface area contributed by atoms with Crippen LogP contribution in [0, 0.1) is 9.49 Å². The zero-order chi connectivity index (χ0) is 14.8. The lowest BCUT2D eigenvalue weighted by Crippen LogP contribution is -2.42. The van der Waals surface area contributed by atoms with Crippen LogP contribution in [-0.4, -0.2) is 36.5 Å². The first-order chi connectivity index (χ1) is 10.1. The Bertz CT molecular complexity index is 527. The van der Waals surface area contributed by atoms with E-state index in [2.05, 4.69) is 32.8 Å². The summed E-state index contributed by atoms with van der Waals surface area (Å²) in [6.45, 7) is 3.02. The summed E-state index contributed by atoms with van der Waals surface area (Å²) in [5.41, 5.74) is 0.719. The number of piperidine rings is 1. The summed E-state index contributed by atoms with van der Waals surface area (Å²) >= 11 is 8.35. The van der Waals surface area contributed by atoms with E-state index >= 15 is 0 Å². The van der Waals surface area contributed by atoms with E-state index in [1.165, 1.54) is 12.8 Å². The van der Waals surface area contributed by atoms with E-state index in [0.717, 1.165) is 41.6 Å². The Labute approximate surface area is 144 Å². The summed E-state index contributed by atoms with van der Waals surface area (Å²) in [5.74, 6) is 0.726. The number of amides is 1. The monoisotopic (exact) mass is 418 g/mol. The molecule has 1 heterocycles. The van der Waals surface area contributed by atoms with Gasteiger partial charge in [0, 0.05) is 21.7 Å². The Balaban J connectivity index is 1.73. The van der Waals surface area contributed by atoms with Crippen LogP contribution in [0.25, 0.3) is 0 Å². The lowest BCUT2D eigenvalue weighted by atomic mass is 9.98. The highest BCUT2D eigenvalue weighted by atomic mass is 127. The van der Waals surface area contributed by atoms with Gasteiger partial charge < -0.3 is 10.2 Å². The van der Waals surface area contributed by atoms with Gasteiger partial charge in [0.2, 0.25) is 0 Å². The lowest BCUT2D eigenvalue weighted by Gasteiger charge is -2.30. The van der Waals surface area contributed by atoms with E-state index in [9.17, 15) is 4.79 Å². The lowest BCUT2D eigenvalue weighted by molar-refractivity contribution is 0.0704. The van der Waals surface area contributed by atoms with Gasteiger partial charge in [-0.25, -0.2) is 0 Å². The molecule has 1 saturated carbocycles. The van der Waals surface area contributed by atoms with Gasteiger partial charge in [-0.1, -0.05) is 11.6 Å². The minimum absolute atomic E-state index is 0.140. The SMILES string of the molecule is O=C(c1ccc(I)c(Cl)c1)N(CC1CCCNC1)C1CC1. The van der Waals surface area contributed by atoms with Gasteiger partial charge in [-0.15, -0.1) is 0 Å². The quantitative estimate of drug-likeness (QED) is 0.759. The topological polar surface area (TPSA) is 32.3 Å². The first kappa shape index (κ1) is 15.6. The van der Waals surface area contributed by atoms with Gasteiger partial charge in [-0.3, -0.25) is 4.79 Å². The van der Waals surface area contributed by atoms with E-state index < -0.39 is 0 Å². The van der Waals surface area contributed by atoms with Crippen LogP contribution in [-0.2, 0) is 0 Å². The van der Waals surface area contributed by atoms with Crippen molar-refractivity contribution < 1.29 is 4.79 Å². The van der Waals surface area contributed by atoms with Gasteiger partial charge in [-0.05, 0) is 85.5 Å². The highest BCUT2D eigenvalue weighted by Gasteiger charge is 2.34. The smallest absolute Gasteiger partial charge is 0.254 e. The van der Waals surface area contributed by atoms with Gasteiger partial charge in [0.05, 0.1) is 5.02 Å². The molecule has 1 aromatic rings. The van der Waals surface area contributed by atoms with Crippen LogP contribution >= 0.6 is 34.2 Å². The number of rotatable bonds is 4. The van der Waals surface area contributed by atoms with Crippen LogP contribution in [0.15, 0.2) is 18.2 Å². The van der Waals surface area contributed by atoms with Crippen molar-refractivity contribution in [1.29, 1.82) is 0 Å². The third-order valence-corrected chi connectivity index (χ3v) is 5.84. The van der Waals surface area contributed by atoms with E-state index in [-0.39, 0.29) is 5.91 Å². The molecule has 3 rings (SSSR count). The van der Waals surface area contributed by atoms with E-state index in [1.807, 2.05) is 12.1 Å². The molecule has 0 spiro atoms. The molecule has 21 heavy (non-hydrogen) atoms. The second kappa shape index (κ2) is 6.84. The fourth-order valence-electron chi connectivity index (χ4n) is 2.94. The third kappa shape index (κ3) is 3.90. The maximum absolute atomic E-state index is 12.8. The second-order valence-corrected chi connectivity index (χ2v) is 7.60. The fraction of sp³-hybridized carbons (Fsp3) is 0.562. The molecule has 0 aromatic heterocycles. The Morgan fingerprint density at radius 3 is 2.81 bits per heavy atom. The summed E-state index contributed by atoms with van der Waals surface area (Å²) in [4.78, 5) is 14.9. The molecular weight excluding hydrogens is 399 g/mol. The normalized spacial score (nSPS) is 22.1. The molecule has 1 unspecified atom stereocenters. The molecule has 1 atom stereocenters. The highest BCUT2D eigenvalue weighted by molar-refractivity contribution is 14.1. The molecule has 0 bridgehead atoms. The summed E-state index contributed by atoms with van der Waals surface area (Å²) in [6, 6.07) is 6.06. The van der Waals surface area contributed by atoms with Crippen molar-refractivity contribution in [3.05, 3.63) is 32.4 Å². The summed E-state index contributed by atoms with van der Waals surface area (Å²) in [5, 5.41) is 4.10. The largest absolute Gasteiger partial charge is 0.335 e. The van der Waals surface area contributed by atoms with Gasteiger partial charge >= 0.3 is 0 Å². The molecule has 3 nitrogen and oxygen atoms in total. The van der Waals surface area contributed by atoms with Crippen LogP contribution in [0.4, 0.5) is 0 Å². The average molecular weight is 419 g/mol. The summed E-state index contributed by atoms with van der Waals surface area (Å²) in [6.07, 6.45) is 4.72. The molecule has 1 aliphatic carbocycles. The molecule has 1 aromatic carbocycles.